The molecule has 3 aromatic rings. The van der Waals surface area contributed by atoms with Crippen molar-refractivity contribution in [1.82, 2.24) is 24.5 Å². The molecule has 0 aliphatic heterocycles. The highest BCUT2D eigenvalue weighted by Crippen LogP contribution is 2.22. The molecule has 0 saturated carbocycles. The molecule has 0 amide bonds. The summed E-state index contributed by atoms with van der Waals surface area (Å²) in [5, 5.41) is 23.8. The molecular weight excluding hydrogens is 380 g/mol. The van der Waals surface area contributed by atoms with Gasteiger partial charge in [-0.05, 0) is 37.1 Å². The molecule has 2 heterocycles. The van der Waals surface area contributed by atoms with E-state index in [9.17, 15) is 10.1 Å². The minimum Gasteiger partial charge on any atom is -0.486 e. The number of allylic oxidation sites excluding steroid dienone is 1. The number of ether oxygens (including phenoxy) is 1. The van der Waals surface area contributed by atoms with E-state index < -0.39 is 4.92 Å². The highest BCUT2D eigenvalue weighted by Gasteiger charge is 2.14. The monoisotopic (exact) mass is 400 g/mol. The summed E-state index contributed by atoms with van der Waals surface area (Å²) in [4.78, 5) is 10.3. The van der Waals surface area contributed by atoms with Crippen LogP contribution in [0.4, 0.5) is 5.69 Å². The molecule has 146 valence electrons. The zero-order valence-corrected chi connectivity index (χ0v) is 16.4. The first kappa shape index (κ1) is 19.6. The Morgan fingerprint density at radius 1 is 1.32 bits per heavy atom. The lowest BCUT2D eigenvalue weighted by molar-refractivity contribution is -0.385. The lowest BCUT2D eigenvalue weighted by atomic mass is 10.1. The summed E-state index contributed by atoms with van der Waals surface area (Å²) in [6.45, 7) is 8.67. The number of aryl methyl sites for hydroxylation is 2. The Labute approximate surface area is 166 Å². The molecule has 10 heteroatoms. The van der Waals surface area contributed by atoms with Crippen LogP contribution >= 0.6 is 11.8 Å². The van der Waals surface area contributed by atoms with E-state index in [1.165, 1.54) is 34.4 Å². The molecular formula is C18H20N6O3S. The van der Waals surface area contributed by atoms with Crippen LogP contribution in [0.25, 0.3) is 0 Å². The van der Waals surface area contributed by atoms with Gasteiger partial charge in [0.15, 0.2) is 11.0 Å². The molecule has 0 spiro atoms. The smallest absolute Gasteiger partial charge is 0.307 e. The second kappa shape index (κ2) is 8.70. The number of hydrogen-bond donors (Lipinski definition) is 0. The maximum absolute atomic E-state index is 10.8. The van der Waals surface area contributed by atoms with Crippen LogP contribution in [0.15, 0.2) is 48.4 Å². The third-order valence-corrected chi connectivity index (χ3v) is 5.06. The van der Waals surface area contributed by atoms with Crippen molar-refractivity contribution in [1.29, 1.82) is 0 Å². The average Bonchev–Trinajstić information content (AvgIpc) is 3.29. The van der Waals surface area contributed by atoms with Gasteiger partial charge in [-0.3, -0.25) is 19.4 Å². The normalized spacial score (nSPS) is 10.8. The second-order valence-electron chi connectivity index (χ2n) is 6.10. The van der Waals surface area contributed by atoms with Crippen molar-refractivity contribution in [3.63, 3.8) is 0 Å². The molecule has 0 aliphatic rings. The van der Waals surface area contributed by atoms with Gasteiger partial charge in [-0.2, -0.15) is 5.10 Å². The van der Waals surface area contributed by atoms with Crippen molar-refractivity contribution in [3.05, 3.63) is 70.3 Å². The lowest BCUT2D eigenvalue weighted by Crippen LogP contribution is -2.08. The number of rotatable bonds is 9. The number of thioether (sulfide) groups is 1. The van der Waals surface area contributed by atoms with Gasteiger partial charge in [0.2, 0.25) is 0 Å². The Morgan fingerprint density at radius 3 is 2.82 bits per heavy atom. The molecule has 0 bridgehead atoms. The maximum Gasteiger partial charge on any atom is 0.307 e. The van der Waals surface area contributed by atoms with Crippen LogP contribution in [0.1, 0.15) is 17.0 Å². The molecule has 0 atom stereocenters. The second-order valence-corrected chi connectivity index (χ2v) is 7.01. The summed E-state index contributed by atoms with van der Waals surface area (Å²) in [6, 6.07) is 5.93. The molecule has 9 nitrogen and oxygen atoms in total. The molecule has 28 heavy (non-hydrogen) atoms. The Balaban J connectivity index is 1.68. The van der Waals surface area contributed by atoms with Gasteiger partial charge in [-0.15, -0.1) is 16.8 Å². The molecule has 1 aromatic carbocycles. The Hall–Kier alpha value is -3.14. The highest BCUT2D eigenvalue weighted by molar-refractivity contribution is 7.98. The molecule has 2 aromatic heterocycles. The SMILES string of the molecule is C=CCn1c(COc2ccc(C)c(C)c2)nnc1SCn1cc([N+](=O)[O-])cn1. The van der Waals surface area contributed by atoms with Gasteiger partial charge >= 0.3 is 5.69 Å². The minimum absolute atomic E-state index is 0.0457. The van der Waals surface area contributed by atoms with Crippen LogP contribution in [0.2, 0.25) is 0 Å². The van der Waals surface area contributed by atoms with Gasteiger partial charge in [-0.25, -0.2) is 0 Å². The minimum atomic E-state index is -0.476. The molecule has 0 fully saturated rings. The van der Waals surface area contributed by atoms with E-state index in [-0.39, 0.29) is 12.3 Å². The first-order valence-electron chi connectivity index (χ1n) is 8.50. The van der Waals surface area contributed by atoms with Crippen molar-refractivity contribution < 1.29 is 9.66 Å². The van der Waals surface area contributed by atoms with Gasteiger partial charge in [0.25, 0.3) is 0 Å². The fourth-order valence-electron chi connectivity index (χ4n) is 2.44. The predicted molar refractivity (Wildman–Crippen MR) is 105 cm³/mol. The Bertz CT molecular complexity index is 997. The zero-order valence-electron chi connectivity index (χ0n) is 15.6. The molecule has 3 rings (SSSR count). The fourth-order valence-corrected chi connectivity index (χ4v) is 3.26. The van der Waals surface area contributed by atoms with E-state index in [0.717, 1.165) is 11.3 Å². The lowest BCUT2D eigenvalue weighted by Gasteiger charge is -2.10. The summed E-state index contributed by atoms with van der Waals surface area (Å²) >= 11 is 1.38. The van der Waals surface area contributed by atoms with Crippen LogP contribution in [0.5, 0.6) is 5.75 Å². The third kappa shape index (κ3) is 4.58. The molecule has 0 aliphatic carbocycles. The van der Waals surface area contributed by atoms with E-state index in [1.807, 2.05) is 29.7 Å². The van der Waals surface area contributed by atoms with Crippen LogP contribution in [-0.4, -0.2) is 29.5 Å². The Kier molecular flexibility index (Phi) is 6.09. The predicted octanol–water partition coefficient (Wildman–Crippen LogP) is 3.51. The van der Waals surface area contributed by atoms with E-state index in [2.05, 4.69) is 28.8 Å². The van der Waals surface area contributed by atoms with Gasteiger partial charge in [0, 0.05) is 6.54 Å². The highest BCUT2D eigenvalue weighted by atomic mass is 32.2. The van der Waals surface area contributed by atoms with Crippen molar-refractivity contribution >= 4 is 17.4 Å². The van der Waals surface area contributed by atoms with Gasteiger partial charge < -0.3 is 4.74 Å². The Morgan fingerprint density at radius 2 is 2.14 bits per heavy atom. The van der Waals surface area contributed by atoms with Crippen LogP contribution < -0.4 is 4.74 Å². The van der Waals surface area contributed by atoms with Crippen LogP contribution in [0, 0.1) is 24.0 Å². The van der Waals surface area contributed by atoms with Crippen molar-refractivity contribution in [2.24, 2.45) is 0 Å². The van der Waals surface area contributed by atoms with Gasteiger partial charge in [-0.1, -0.05) is 23.9 Å². The molecule has 0 N–H and O–H groups in total. The number of hydrogen-bond acceptors (Lipinski definition) is 7. The van der Waals surface area contributed by atoms with E-state index in [1.54, 1.807) is 6.08 Å². The summed E-state index contributed by atoms with van der Waals surface area (Å²) in [5.41, 5.74) is 2.32. The topological polar surface area (TPSA) is 101 Å². The van der Waals surface area contributed by atoms with Crippen molar-refractivity contribution in [2.45, 2.75) is 38.0 Å². The van der Waals surface area contributed by atoms with Crippen molar-refractivity contribution in [3.8, 4) is 5.75 Å². The third-order valence-electron chi connectivity index (χ3n) is 4.11. The fraction of sp³-hybridized carbons (Fsp3) is 0.278. The number of nitrogens with zero attached hydrogens (tertiary/aromatic N) is 6. The maximum atomic E-state index is 10.8. The number of benzene rings is 1. The van der Waals surface area contributed by atoms with E-state index >= 15 is 0 Å². The summed E-state index contributed by atoms with van der Waals surface area (Å²) in [5.74, 6) is 1.82. The number of nitro groups is 1. The van der Waals surface area contributed by atoms with E-state index in [4.69, 9.17) is 4.74 Å². The van der Waals surface area contributed by atoms with E-state index in [0.29, 0.717) is 23.4 Å². The summed E-state index contributed by atoms with van der Waals surface area (Å²) in [6.07, 6.45) is 4.36. The van der Waals surface area contributed by atoms with Gasteiger partial charge in [0.1, 0.15) is 24.8 Å². The largest absolute Gasteiger partial charge is 0.486 e. The molecule has 0 saturated heterocycles. The van der Waals surface area contributed by atoms with Crippen LogP contribution in [0.3, 0.4) is 0 Å². The van der Waals surface area contributed by atoms with Gasteiger partial charge in [0.05, 0.1) is 10.8 Å². The first-order chi connectivity index (χ1) is 13.5. The molecule has 0 unspecified atom stereocenters. The zero-order chi connectivity index (χ0) is 20.1. The first-order valence-corrected chi connectivity index (χ1v) is 9.49. The van der Waals surface area contributed by atoms with Crippen LogP contribution in [-0.2, 0) is 19.0 Å². The summed E-state index contributed by atoms with van der Waals surface area (Å²) in [7, 11) is 0. The number of aromatic nitrogens is 5. The average molecular weight is 400 g/mol. The quantitative estimate of drug-likeness (QED) is 0.234. The van der Waals surface area contributed by atoms with Crippen molar-refractivity contribution in [2.75, 3.05) is 0 Å². The summed E-state index contributed by atoms with van der Waals surface area (Å²) < 4.78 is 9.25. The molecule has 0 radical (unpaired) electrons. The standard InChI is InChI=1S/C18H20N6O3S/c1-4-7-23-17(11-27-16-6-5-13(2)14(3)8-16)20-21-18(23)28-12-22-10-15(9-19-22)24(25)26/h4-6,8-10H,1,7,11-12H2,2-3H3.